The van der Waals surface area contributed by atoms with Crippen LogP contribution in [0.3, 0.4) is 0 Å². The first-order valence-corrected chi connectivity index (χ1v) is 7.54. The maximum atomic E-state index is 5.77. The van der Waals surface area contributed by atoms with E-state index in [0.717, 1.165) is 43.3 Å². The molecular formula is C15H23N5O. The Bertz CT molecular complexity index is 607. The highest BCUT2D eigenvalue weighted by Gasteiger charge is 2.23. The third-order valence-electron chi connectivity index (χ3n) is 3.85. The van der Waals surface area contributed by atoms with Crippen molar-refractivity contribution in [2.45, 2.75) is 25.9 Å². The minimum atomic E-state index is 0.207. The van der Waals surface area contributed by atoms with Crippen molar-refractivity contribution in [1.82, 2.24) is 19.9 Å². The number of nitrogens with one attached hydrogen (secondary N) is 1. The van der Waals surface area contributed by atoms with E-state index in [1.54, 1.807) is 0 Å². The van der Waals surface area contributed by atoms with Gasteiger partial charge in [0.05, 0.1) is 18.4 Å². The van der Waals surface area contributed by atoms with Crippen LogP contribution in [-0.2, 0) is 4.74 Å². The van der Waals surface area contributed by atoms with E-state index in [4.69, 9.17) is 4.74 Å². The van der Waals surface area contributed by atoms with Gasteiger partial charge in [-0.05, 0) is 19.0 Å². The number of rotatable bonds is 4. The van der Waals surface area contributed by atoms with Gasteiger partial charge < -0.3 is 15.0 Å². The number of hydrogen-bond acceptors (Lipinski definition) is 5. The highest BCUT2D eigenvalue weighted by Crippen LogP contribution is 2.24. The van der Waals surface area contributed by atoms with Crippen molar-refractivity contribution in [3.8, 4) is 0 Å². The molecule has 2 aromatic heterocycles. The van der Waals surface area contributed by atoms with Gasteiger partial charge in [0.2, 0.25) is 0 Å². The van der Waals surface area contributed by atoms with Crippen molar-refractivity contribution in [3.05, 3.63) is 24.2 Å². The summed E-state index contributed by atoms with van der Waals surface area (Å²) in [5.41, 5.74) is 2.18. The first-order chi connectivity index (χ1) is 10.2. The molecule has 21 heavy (non-hydrogen) atoms. The molecule has 0 aromatic carbocycles. The molecule has 1 atom stereocenters. The molecule has 1 aliphatic rings. The fraction of sp³-hybridized carbons (Fsp3) is 0.600. The van der Waals surface area contributed by atoms with Crippen LogP contribution in [0.2, 0.25) is 0 Å². The lowest BCUT2D eigenvalue weighted by Gasteiger charge is -2.33. The zero-order valence-electron chi connectivity index (χ0n) is 12.9. The lowest BCUT2D eigenvalue weighted by Crippen LogP contribution is -2.46. The minimum absolute atomic E-state index is 0.207. The van der Waals surface area contributed by atoms with Crippen LogP contribution in [0.4, 0.5) is 5.82 Å². The summed E-state index contributed by atoms with van der Waals surface area (Å²) in [7, 11) is 1.95. The van der Waals surface area contributed by atoms with Gasteiger partial charge in [0, 0.05) is 32.0 Å². The molecule has 1 saturated heterocycles. The lowest BCUT2D eigenvalue weighted by atomic mass is 10.1. The lowest BCUT2D eigenvalue weighted by molar-refractivity contribution is 0.0420. The number of nitrogens with zero attached hydrogens (tertiary/aromatic N) is 4. The third-order valence-corrected chi connectivity index (χ3v) is 3.85. The second kappa shape index (κ2) is 5.99. The van der Waals surface area contributed by atoms with Gasteiger partial charge in [0.25, 0.3) is 0 Å². The Morgan fingerprint density at radius 2 is 2.33 bits per heavy atom. The van der Waals surface area contributed by atoms with E-state index in [1.807, 2.05) is 24.0 Å². The molecule has 1 fully saturated rings. The molecule has 0 spiro atoms. The second-order valence-electron chi connectivity index (χ2n) is 5.80. The second-order valence-corrected chi connectivity index (χ2v) is 5.80. The number of hydrogen-bond donors (Lipinski definition) is 1. The molecule has 6 heteroatoms. The highest BCUT2D eigenvalue weighted by molar-refractivity contribution is 5.69. The molecular weight excluding hydrogens is 266 g/mol. The van der Waals surface area contributed by atoms with Gasteiger partial charge in [-0.25, -0.2) is 9.50 Å². The summed E-state index contributed by atoms with van der Waals surface area (Å²) in [4.78, 5) is 6.89. The molecule has 0 aliphatic carbocycles. The number of likely N-dealkylation sites (N-methyl/N-ethyl adjacent to an activating group) is 1. The van der Waals surface area contributed by atoms with Crippen molar-refractivity contribution in [2.24, 2.45) is 0 Å². The first-order valence-electron chi connectivity index (χ1n) is 7.54. The molecule has 0 radical (unpaired) electrons. The smallest absolute Gasteiger partial charge is 0.154 e. The van der Waals surface area contributed by atoms with Crippen LogP contribution < -0.4 is 10.2 Å². The number of anilines is 1. The Kier molecular flexibility index (Phi) is 4.07. The van der Waals surface area contributed by atoms with Crippen molar-refractivity contribution in [3.63, 3.8) is 0 Å². The Hall–Kier alpha value is -1.66. The maximum Gasteiger partial charge on any atom is 0.154 e. The summed E-state index contributed by atoms with van der Waals surface area (Å²) >= 11 is 0. The van der Waals surface area contributed by atoms with Gasteiger partial charge in [-0.1, -0.05) is 13.8 Å². The van der Waals surface area contributed by atoms with E-state index in [1.165, 1.54) is 0 Å². The largest absolute Gasteiger partial charge is 0.373 e. The molecule has 3 rings (SSSR count). The third kappa shape index (κ3) is 2.87. The van der Waals surface area contributed by atoms with Crippen LogP contribution >= 0.6 is 0 Å². The monoisotopic (exact) mass is 289 g/mol. The Morgan fingerprint density at radius 3 is 3.10 bits per heavy atom. The number of ether oxygens (including phenoxy) is 1. The molecule has 114 valence electrons. The van der Waals surface area contributed by atoms with Crippen LogP contribution in [0.15, 0.2) is 18.5 Å². The molecule has 3 heterocycles. The Labute approximate surface area is 125 Å². The zero-order valence-corrected chi connectivity index (χ0v) is 12.9. The van der Waals surface area contributed by atoms with Gasteiger partial charge in [-0.15, -0.1) is 0 Å². The average Bonchev–Trinajstić information content (AvgIpc) is 2.92. The fourth-order valence-electron chi connectivity index (χ4n) is 2.72. The molecule has 6 nitrogen and oxygen atoms in total. The summed E-state index contributed by atoms with van der Waals surface area (Å²) in [6, 6.07) is 2.15. The van der Waals surface area contributed by atoms with Crippen LogP contribution in [0, 0.1) is 0 Å². The van der Waals surface area contributed by atoms with Crippen LogP contribution in [0.1, 0.15) is 25.5 Å². The van der Waals surface area contributed by atoms with Gasteiger partial charge in [0.15, 0.2) is 5.82 Å². The summed E-state index contributed by atoms with van der Waals surface area (Å²) < 4.78 is 7.70. The standard InChI is InChI=1S/C15H23N5O/c1-11(2)13-8-14-15(17-4-5-20(14)18-13)19-6-7-21-12(10-19)9-16-3/h4-5,8,11-12,16H,6-7,9-10H2,1-3H3. The number of fused-ring (bicyclic) bond motifs is 1. The van der Waals surface area contributed by atoms with Crippen molar-refractivity contribution in [2.75, 3.05) is 38.2 Å². The molecule has 1 N–H and O–H groups in total. The summed E-state index contributed by atoms with van der Waals surface area (Å²) in [5.74, 6) is 1.42. The van der Waals surface area contributed by atoms with Crippen LogP contribution in [0.25, 0.3) is 5.52 Å². The van der Waals surface area contributed by atoms with E-state index in [9.17, 15) is 0 Å². The average molecular weight is 289 g/mol. The van der Waals surface area contributed by atoms with Gasteiger partial charge in [-0.2, -0.15) is 5.10 Å². The van der Waals surface area contributed by atoms with E-state index in [0.29, 0.717) is 5.92 Å². The van der Waals surface area contributed by atoms with Crippen molar-refractivity contribution < 1.29 is 4.74 Å². The summed E-state index contributed by atoms with van der Waals surface area (Å²) in [6.07, 6.45) is 3.94. The predicted octanol–water partition coefficient (Wildman–Crippen LogP) is 1.28. The molecule has 0 amide bonds. The summed E-state index contributed by atoms with van der Waals surface area (Å²) in [6.45, 7) is 7.64. The number of morpholine rings is 1. The highest BCUT2D eigenvalue weighted by atomic mass is 16.5. The topological polar surface area (TPSA) is 54.7 Å². The number of aromatic nitrogens is 3. The predicted molar refractivity (Wildman–Crippen MR) is 83.0 cm³/mol. The van der Waals surface area contributed by atoms with E-state index in [2.05, 4.69) is 40.2 Å². The van der Waals surface area contributed by atoms with Crippen LogP contribution in [-0.4, -0.2) is 54.0 Å². The quantitative estimate of drug-likeness (QED) is 0.919. The molecule has 0 bridgehead atoms. The molecule has 1 unspecified atom stereocenters. The SMILES string of the molecule is CNCC1CN(c2nccn3nc(C(C)C)cc23)CCO1. The fourth-order valence-corrected chi connectivity index (χ4v) is 2.72. The van der Waals surface area contributed by atoms with Crippen molar-refractivity contribution in [1.29, 1.82) is 0 Å². The van der Waals surface area contributed by atoms with Crippen molar-refractivity contribution >= 4 is 11.3 Å². The van der Waals surface area contributed by atoms with E-state index >= 15 is 0 Å². The molecule has 0 saturated carbocycles. The van der Waals surface area contributed by atoms with Gasteiger partial charge >= 0.3 is 0 Å². The van der Waals surface area contributed by atoms with E-state index in [-0.39, 0.29) is 6.10 Å². The van der Waals surface area contributed by atoms with Gasteiger partial charge in [-0.3, -0.25) is 0 Å². The first kappa shape index (κ1) is 14.3. The normalized spacial score (nSPS) is 19.6. The minimum Gasteiger partial charge on any atom is -0.373 e. The zero-order chi connectivity index (χ0) is 14.8. The Morgan fingerprint density at radius 1 is 1.48 bits per heavy atom. The van der Waals surface area contributed by atoms with Gasteiger partial charge in [0.1, 0.15) is 5.52 Å². The van der Waals surface area contributed by atoms with Crippen LogP contribution in [0.5, 0.6) is 0 Å². The molecule has 1 aliphatic heterocycles. The maximum absolute atomic E-state index is 5.77. The Balaban J connectivity index is 1.92. The van der Waals surface area contributed by atoms with E-state index < -0.39 is 0 Å². The summed E-state index contributed by atoms with van der Waals surface area (Å²) in [5, 5.41) is 7.81. The molecule has 2 aromatic rings.